The lowest BCUT2D eigenvalue weighted by molar-refractivity contribution is 0.430. The van der Waals surface area contributed by atoms with Crippen LogP contribution in [-0.4, -0.2) is 27.1 Å². The number of halogens is 2. The Kier molecular flexibility index (Phi) is 9.29. The highest BCUT2D eigenvalue weighted by atomic mass is 79.9. The van der Waals surface area contributed by atoms with Gasteiger partial charge in [0.1, 0.15) is 28.9 Å². The zero-order valence-electron chi connectivity index (χ0n) is 23.2. The van der Waals surface area contributed by atoms with Crippen molar-refractivity contribution in [2.75, 3.05) is 9.44 Å². The molecule has 0 saturated heterocycles. The lowest BCUT2D eigenvalue weighted by Crippen LogP contribution is -2.11. The number of hydrogen-bond donors (Lipinski definition) is 2. The average Bonchev–Trinajstić information content (AvgIpc) is 3.81. The smallest absolute Gasteiger partial charge is 0.273 e. The normalized spacial score (nSPS) is 11.8. The maximum Gasteiger partial charge on any atom is 0.273 e. The van der Waals surface area contributed by atoms with E-state index in [2.05, 4.69) is 51.6 Å². The molecule has 0 bridgehead atoms. The van der Waals surface area contributed by atoms with Gasteiger partial charge in [0, 0.05) is 20.9 Å². The number of aryl methyl sites for hydroxylation is 4. The summed E-state index contributed by atoms with van der Waals surface area (Å²) in [6.07, 6.45) is 3.15. The molecular weight excluding hydrogens is 784 g/mol. The molecule has 232 valence electrons. The number of nitrogens with one attached hydrogen (secondary N) is 2. The molecule has 0 unspecified atom stereocenters. The molecule has 0 amide bonds. The number of rotatable bonds is 8. The Balaban J connectivity index is 0.000000175. The van der Waals surface area contributed by atoms with Gasteiger partial charge in [-0.3, -0.25) is 0 Å². The molecule has 6 rings (SSSR count). The second-order valence-corrected chi connectivity index (χ2v) is 16.6. The van der Waals surface area contributed by atoms with Gasteiger partial charge >= 0.3 is 0 Å². The van der Waals surface area contributed by atoms with E-state index in [0.717, 1.165) is 55.1 Å². The van der Waals surface area contributed by atoms with E-state index in [9.17, 15) is 16.8 Å². The summed E-state index contributed by atoms with van der Waals surface area (Å²) in [4.78, 5) is 1.64. The standard InChI is InChI=1S/2C13H11BrN2O4S2/c2*1-7-12(14)13(20-15-7)16-22(17,18)11-4-3-10(21-11)9-5-6-19-8(9)2/h2*3-6,16H,1-2H3. The number of sulfonamides is 2. The molecule has 0 aromatic carbocycles. The fourth-order valence-corrected chi connectivity index (χ4v) is 9.19. The van der Waals surface area contributed by atoms with Crippen molar-refractivity contribution in [3.63, 3.8) is 0 Å². The van der Waals surface area contributed by atoms with E-state index < -0.39 is 20.0 Å². The van der Waals surface area contributed by atoms with Crippen molar-refractivity contribution in [1.82, 2.24) is 10.3 Å². The predicted octanol–water partition coefficient (Wildman–Crippen LogP) is 8.35. The van der Waals surface area contributed by atoms with Gasteiger partial charge in [0.05, 0.1) is 23.9 Å². The lowest BCUT2D eigenvalue weighted by atomic mass is 10.2. The van der Waals surface area contributed by atoms with Gasteiger partial charge in [-0.15, -0.1) is 22.7 Å². The number of aromatic nitrogens is 2. The average molecular weight is 807 g/mol. The van der Waals surface area contributed by atoms with Crippen LogP contribution >= 0.6 is 54.5 Å². The van der Waals surface area contributed by atoms with Crippen LogP contribution in [0.3, 0.4) is 0 Å². The Hall–Kier alpha value is -3.16. The Morgan fingerprint density at radius 1 is 0.636 bits per heavy atom. The minimum Gasteiger partial charge on any atom is -0.469 e. The van der Waals surface area contributed by atoms with Crippen LogP contribution in [0.1, 0.15) is 22.9 Å². The summed E-state index contributed by atoms with van der Waals surface area (Å²) in [5, 5.41) is 7.39. The molecule has 0 fully saturated rings. The predicted molar refractivity (Wildman–Crippen MR) is 173 cm³/mol. The summed E-state index contributed by atoms with van der Waals surface area (Å²) < 4.78 is 76.1. The van der Waals surface area contributed by atoms with Crippen molar-refractivity contribution in [1.29, 1.82) is 0 Å². The number of thiophene rings is 2. The van der Waals surface area contributed by atoms with Crippen molar-refractivity contribution in [2.45, 2.75) is 36.1 Å². The SMILES string of the molecule is Cc1noc(NS(=O)(=O)c2ccc(-c3ccoc3C)s2)c1Br.Cc1noc(NS(=O)(=O)c2ccc(-c3ccoc3C)s2)c1Br. The summed E-state index contributed by atoms with van der Waals surface area (Å²) in [6, 6.07) is 10.2. The van der Waals surface area contributed by atoms with Crippen LogP contribution in [0.15, 0.2) is 84.2 Å². The van der Waals surface area contributed by atoms with Crippen LogP contribution in [0, 0.1) is 27.7 Å². The maximum absolute atomic E-state index is 12.4. The lowest BCUT2D eigenvalue weighted by Gasteiger charge is -2.02. The molecule has 44 heavy (non-hydrogen) atoms. The molecule has 6 heterocycles. The largest absolute Gasteiger partial charge is 0.469 e. The van der Waals surface area contributed by atoms with Gasteiger partial charge in [0.15, 0.2) is 0 Å². The molecule has 0 aliphatic carbocycles. The fraction of sp³-hybridized carbons (Fsp3) is 0.154. The molecule has 0 saturated carbocycles. The van der Waals surface area contributed by atoms with E-state index in [1.807, 2.05) is 13.8 Å². The first-order valence-electron chi connectivity index (χ1n) is 12.3. The third-order valence-electron chi connectivity index (χ3n) is 5.98. The van der Waals surface area contributed by atoms with E-state index in [0.29, 0.717) is 20.3 Å². The third kappa shape index (κ3) is 6.74. The summed E-state index contributed by atoms with van der Waals surface area (Å²) in [6.45, 7) is 7.07. The van der Waals surface area contributed by atoms with Crippen LogP contribution in [0.4, 0.5) is 11.8 Å². The van der Waals surface area contributed by atoms with Gasteiger partial charge < -0.3 is 17.9 Å². The number of hydrogen-bond acceptors (Lipinski definition) is 12. The van der Waals surface area contributed by atoms with Gasteiger partial charge in [-0.05, 0) is 96.0 Å². The quantitative estimate of drug-likeness (QED) is 0.152. The van der Waals surface area contributed by atoms with Gasteiger partial charge in [-0.25, -0.2) is 26.3 Å². The maximum atomic E-state index is 12.4. The Labute approximate surface area is 276 Å². The minimum atomic E-state index is -3.73. The van der Waals surface area contributed by atoms with Crippen LogP contribution < -0.4 is 9.44 Å². The second kappa shape index (κ2) is 12.7. The molecule has 0 aliphatic heterocycles. The number of anilines is 2. The molecule has 18 heteroatoms. The van der Waals surface area contributed by atoms with Crippen molar-refractivity contribution in [2.24, 2.45) is 0 Å². The highest BCUT2D eigenvalue weighted by Gasteiger charge is 2.24. The topological polar surface area (TPSA) is 171 Å². The van der Waals surface area contributed by atoms with Crippen molar-refractivity contribution < 1.29 is 34.7 Å². The Morgan fingerprint density at radius 3 is 1.32 bits per heavy atom. The molecule has 0 aliphatic rings. The molecule has 0 radical (unpaired) electrons. The third-order valence-corrected chi connectivity index (χ3v) is 13.7. The summed E-state index contributed by atoms with van der Waals surface area (Å²) >= 11 is 8.77. The Morgan fingerprint density at radius 2 is 1.02 bits per heavy atom. The second-order valence-electron chi connectivity index (χ2n) is 9.05. The molecule has 0 atom stereocenters. The summed E-state index contributed by atoms with van der Waals surface area (Å²) in [5.41, 5.74) is 2.89. The molecule has 0 spiro atoms. The van der Waals surface area contributed by atoms with Gasteiger partial charge in [-0.1, -0.05) is 10.3 Å². The fourth-order valence-electron chi connectivity index (χ4n) is 3.69. The van der Waals surface area contributed by atoms with Crippen molar-refractivity contribution >= 4 is 86.3 Å². The van der Waals surface area contributed by atoms with Crippen LogP contribution in [0.5, 0.6) is 0 Å². The summed E-state index contributed by atoms with van der Waals surface area (Å²) in [7, 11) is -7.46. The van der Waals surface area contributed by atoms with E-state index in [1.54, 1.807) is 62.8 Å². The van der Waals surface area contributed by atoms with Crippen LogP contribution in [0.25, 0.3) is 20.9 Å². The molecule has 6 aromatic rings. The van der Waals surface area contributed by atoms with Crippen molar-refractivity contribution in [3.8, 4) is 20.9 Å². The van der Waals surface area contributed by atoms with E-state index >= 15 is 0 Å². The van der Waals surface area contributed by atoms with Crippen LogP contribution in [0.2, 0.25) is 0 Å². The summed E-state index contributed by atoms with van der Waals surface area (Å²) in [5.74, 6) is 1.61. The first kappa shape index (κ1) is 32.2. The van der Waals surface area contributed by atoms with E-state index in [1.165, 1.54) is 0 Å². The molecular formula is C26H22Br2N4O8S4. The van der Waals surface area contributed by atoms with Gasteiger partial charge in [-0.2, -0.15) is 0 Å². The van der Waals surface area contributed by atoms with E-state index in [4.69, 9.17) is 17.9 Å². The zero-order chi connectivity index (χ0) is 31.8. The Bertz CT molecular complexity index is 2000. The highest BCUT2D eigenvalue weighted by molar-refractivity contribution is 9.11. The zero-order valence-corrected chi connectivity index (χ0v) is 29.6. The first-order valence-corrected chi connectivity index (χ1v) is 18.5. The van der Waals surface area contributed by atoms with Crippen molar-refractivity contribution in [3.05, 3.63) is 80.8 Å². The highest BCUT2D eigenvalue weighted by Crippen LogP contribution is 2.36. The van der Waals surface area contributed by atoms with Gasteiger partial charge in [0.25, 0.3) is 31.8 Å². The molecule has 2 N–H and O–H groups in total. The van der Waals surface area contributed by atoms with E-state index in [-0.39, 0.29) is 20.2 Å². The minimum absolute atomic E-state index is 0.0620. The molecule has 12 nitrogen and oxygen atoms in total. The number of furan rings is 2. The van der Waals surface area contributed by atoms with Crippen LogP contribution in [-0.2, 0) is 20.0 Å². The molecule has 6 aromatic heterocycles. The monoisotopic (exact) mass is 804 g/mol. The first-order chi connectivity index (χ1) is 20.8. The van der Waals surface area contributed by atoms with Gasteiger partial charge in [0.2, 0.25) is 0 Å². The number of nitrogens with zero attached hydrogens (tertiary/aromatic N) is 2.